The van der Waals surface area contributed by atoms with E-state index in [4.69, 9.17) is 0 Å². The molecule has 0 saturated heterocycles. The number of aryl methyl sites for hydroxylation is 1. The van der Waals surface area contributed by atoms with E-state index in [1.807, 2.05) is 0 Å². The summed E-state index contributed by atoms with van der Waals surface area (Å²) < 4.78 is 2.15. The van der Waals surface area contributed by atoms with E-state index in [0.717, 1.165) is 49.8 Å². The van der Waals surface area contributed by atoms with Crippen molar-refractivity contribution in [2.75, 3.05) is 0 Å². The van der Waals surface area contributed by atoms with E-state index in [1.54, 1.807) is 0 Å². The maximum Gasteiger partial charge on any atom is 0.223 e. The molecule has 1 aliphatic carbocycles. The fourth-order valence-corrected chi connectivity index (χ4v) is 3.87. The maximum atomic E-state index is 12.4. The third-order valence-electron chi connectivity index (χ3n) is 5.43. The summed E-state index contributed by atoms with van der Waals surface area (Å²) in [6, 6.07) is 0. The molecule has 1 fully saturated rings. The van der Waals surface area contributed by atoms with Crippen molar-refractivity contribution in [2.24, 2.45) is 17.3 Å². The van der Waals surface area contributed by atoms with Crippen molar-refractivity contribution in [3.8, 4) is 0 Å². The van der Waals surface area contributed by atoms with Gasteiger partial charge in [0.15, 0.2) is 5.82 Å². The van der Waals surface area contributed by atoms with Crippen molar-refractivity contribution in [1.82, 2.24) is 20.1 Å². The van der Waals surface area contributed by atoms with E-state index < -0.39 is 0 Å². The number of amides is 1. The zero-order valence-electron chi connectivity index (χ0n) is 14.1. The smallest absolute Gasteiger partial charge is 0.223 e. The molecule has 0 spiro atoms. The largest absolute Gasteiger partial charge is 0.349 e. The average Bonchev–Trinajstić information content (AvgIpc) is 3.07. The molecule has 2 heterocycles. The number of carbonyl (C=O) groups excluding carboxylic acids is 1. The molecule has 0 atom stereocenters. The van der Waals surface area contributed by atoms with E-state index in [9.17, 15) is 4.79 Å². The lowest BCUT2D eigenvalue weighted by molar-refractivity contribution is -0.126. The molecule has 5 heteroatoms. The van der Waals surface area contributed by atoms with E-state index in [-0.39, 0.29) is 11.8 Å². The minimum atomic E-state index is 0.180. The van der Waals surface area contributed by atoms with Gasteiger partial charge in [-0.05, 0) is 43.4 Å². The van der Waals surface area contributed by atoms with Gasteiger partial charge in [-0.25, -0.2) is 0 Å². The molecule has 1 amide bonds. The number of hydrogen-bond donors (Lipinski definition) is 1. The molecule has 1 aliphatic heterocycles. The number of rotatable bonds is 3. The SMILES string of the molecule is CC(C)(C)C1CCC(C(=O)NCc2nnc3n2CCC3)CC1. The predicted octanol–water partition coefficient (Wildman–Crippen LogP) is 2.69. The summed E-state index contributed by atoms with van der Waals surface area (Å²) in [7, 11) is 0. The third-order valence-corrected chi connectivity index (χ3v) is 5.43. The standard InChI is InChI=1S/C17H28N4O/c1-17(2,3)13-8-6-12(7-9-13)16(22)18-11-15-20-19-14-5-4-10-21(14)15/h12-13H,4-11H2,1-3H3,(H,18,22). The van der Waals surface area contributed by atoms with Gasteiger partial charge in [0, 0.05) is 18.9 Å². The number of carbonyl (C=O) groups is 1. The molecule has 0 unspecified atom stereocenters. The van der Waals surface area contributed by atoms with E-state index in [0.29, 0.717) is 12.0 Å². The van der Waals surface area contributed by atoms with Crippen molar-refractivity contribution >= 4 is 5.91 Å². The lowest BCUT2D eigenvalue weighted by atomic mass is 9.70. The number of nitrogens with one attached hydrogen (secondary N) is 1. The second kappa shape index (κ2) is 6.01. The molecule has 1 aromatic heterocycles. The highest BCUT2D eigenvalue weighted by Gasteiger charge is 2.32. The van der Waals surface area contributed by atoms with Crippen LogP contribution in [0.5, 0.6) is 0 Å². The molecule has 5 nitrogen and oxygen atoms in total. The van der Waals surface area contributed by atoms with Crippen molar-refractivity contribution < 1.29 is 4.79 Å². The second-order valence-electron chi connectivity index (χ2n) is 7.92. The lowest BCUT2D eigenvalue weighted by Crippen LogP contribution is -2.35. The van der Waals surface area contributed by atoms with Gasteiger partial charge in [0.1, 0.15) is 5.82 Å². The van der Waals surface area contributed by atoms with Gasteiger partial charge in [-0.1, -0.05) is 20.8 Å². The Morgan fingerprint density at radius 2 is 1.95 bits per heavy atom. The molecular weight excluding hydrogens is 276 g/mol. The molecule has 0 bridgehead atoms. The molecule has 22 heavy (non-hydrogen) atoms. The Balaban J connectivity index is 1.49. The summed E-state index contributed by atoms with van der Waals surface area (Å²) in [4.78, 5) is 12.4. The minimum Gasteiger partial charge on any atom is -0.349 e. The fraction of sp³-hybridized carbons (Fsp3) is 0.824. The Morgan fingerprint density at radius 3 is 2.64 bits per heavy atom. The van der Waals surface area contributed by atoms with E-state index in [1.165, 1.54) is 12.8 Å². The molecule has 0 aromatic carbocycles. The summed E-state index contributed by atoms with van der Waals surface area (Å²) >= 11 is 0. The quantitative estimate of drug-likeness (QED) is 0.934. The molecule has 2 aliphatic rings. The van der Waals surface area contributed by atoms with Gasteiger partial charge >= 0.3 is 0 Å². The van der Waals surface area contributed by atoms with Crippen molar-refractivity contribution in [3.63, 3.8) is 0 Å². The topological polar surface area (TPSA) is 59.8 Å². The van der Waals surface area contributed by atoms with Crippen LogP contribution in [0.25, 0.3) is 0 Å². The Labute approximate surface area is 132 Å². The predicted molar refractivity (Wildman–Crippen MR) is 85.1 cm³/mol. The first-order chi connectivity index (χ1) is 10.4. The first-order valence-electron chi connectivity index (χ1n) is 8.64. The van der Waals surface area contributed by atoms with Gasteiger partial charge < -0.3 is 9.88 Å². The number of aromatic nitrogens is 3. The average molecular weight is 304 g/mol. The fourth-order valence-electron chi connectivity index (χ4n) is 3.87. The monoisotopic (exact) mass is 304 g/mol. The minimum absolute atomic E-state index is 0.180. The van der Waals surface area contributed by atoms with Crippen LogP contribution in [0.4, 0.5) is 0 Å². The molecule has 122 valence electrons. The van der Waals surface area contributed by atoms with Gasteiger partial charge in [-0.2, -0.15) is 0 Å². The highest BCUT2D eigenvalue weighted by atomic mass is 16.1. The van der Waals surface area contributed by atoms with Crippen LogP contribution in [0.1, 0.15) is 64.5 Å². The van der Waals surface area contributed by atoms with Gasteiger partial charge in [0.2, 0.25) is 5.91 Å². The highest BCUT2D eigenvalue weighted by Crippen LogP contribution is 2.39. The van der Waals surface area contributed by atoms with Crippen LogP contribution in [0.3, 0.4) is 0 Å². The normalized spacial score (nSPS) is 25.0. The molecule has 1 aromatic rings. The molecule has 0 radical (unpaired) electrons. The summed E-state index contributed by atoms with van der Waals surface area (Å²) in [6.45, 7) is 8.44. The number of hydrogen-bond acceptors (Lipinski definition) is 3. The first kappa shape index (κ1) is 15.5. The van der Waals surface area contributed by atoms with Crippen molar-refractivity contribution in [3.05, 3.63) is 11.6 Å². The summed E-state index contributed by atoms with van der Waals surface area (Å²) in [5, 5.41) is 11.5. The van der Waals surface area contributed by atoms with Crippen molar-refractivity contribution in [2.45, 2.75) is 72.4 Å². The molecular formula is C17H28N4O. The van der Waals surface area contributed by atoms with Crippen LogP contribution in [-0.4, -0.2) is 20.7 Å². The van der Waals surface area contributed by atoms with Crippen molar-refractivity contribution in [1.29, 1.82) is 0 Å². The van der Waals surface area contributed by atoms with Gasteiger partial charge in [0.25, 0.3) is 0 Å². The number of fused-ring (bicyclic) bond motifs is 1. The Bertz CT molecular complexity index is 535. The van der Waals surface area contributed by atoms with Crippen LogP contribution in [0.15, 0.2) is 0 Å². The highest BCUT2D eigenvalue weighted by molar-refractivity contribution is 5.78. The van der Waals surface area contributed by atoms with E-state index >= 15 is 0 Å². The van der Waals surface area contributed by atoms with Gasteiger partial charge in [0.05, 0.1) is 6.54 Å². The van der Waals surface area contributed by atoms with Crippen LogP contribution in [0.2, 0.25) is 0 Å². The summed E-state index contributed by atoms with van der Waals surface area (Å²) in [5.74, 6) is 3.10. The van der Waals surface area contributed by atoms with Gasteiger partial charge in [-0.15, -0.1) is 10.2 Å². The van der Waals surface area contributed by atoms with E-state index in [2.05, 4.69) is 40.9 Å². The second-order valence-corrected chi connectivity index (χ2v) is 7.92. The third kappa shape index (κ3) is 3.18. The van der Waals surface area contributed by atoms with Crippen LogP contribution in [-0.2, 0) is 24.3 Å². The number of nitrogens with zero attached hydrogens (tertiary/aromatic N) is 3. The zero-order valence-corrected chi connectivity index (χ0v) is 14.1. The lowest BCUT2D eigenvalue weighted by Gasteiger charge is -2.36. The Kier molecular flexibility index (Phi) is 4.24. The van der Waals surface area contributed by atoms with Crippen LogP contribution < -0.4 is 5.32 Å². The Morgan fingerprint density at radius 1 is 1.23 bits per heavy atom. The first-order valence-corrected chi connectivity index (χ1v) is 8.64. The molecule has 1 saturated carbocycles. The summed E-state index contributed by atoms with van der Waals surface area (Å²) in [6.07, 6.45) is 6.53. The summed E-state index contributed by atoms with van der Waals surface area (Å²) in [5.41, 5.74) is 0.365. The molecule has 1 N–H and O–H groups in total. The van der Waals surface area contributed by atoms with Gasteiger partial charge in [-0.3, -0.25) is 4.79 Å². The van der Waals surface area contributed by atoms with Crippen LogP contribution in [0, 0.1) is 17.3 Å². The zero-order chi connectivity index (χ0) is 15.7. The van der Waals surface area contributed by atoms with Crippen LogP contribution >= 0.6 is 0 Å². The molecule has 3 rings (SSSR count). The Hall–Kier alpha value is -1.39. The maximum absolute atomic E-state index is 12.4.